The summed E-state index contributed by atoms with van der Waals surface area (Å²) in [5.41, 5.74) is 1.40. The first-order chi connectivity index (χ1) is 8.51. The topological polar surface area (TPSA) is 29.5 Å². The molecule has 0 aromatic carbocycles. The second-order valence-corrected chi connectivity index (χ2v) is 12.1. The fraction of sp³-hybridized carbons (Fsp3) is 0.875. The Morgan fingerprint density at radius 1 is 1.21 bits per heavy atom. The number of allylic oxidation sites excluding steroid dienone is 1. The maximum Gasteiger partial charge on any atom is 0.192 e. The van der Waals surface area contributed by atoms with Gasteiger partial charge >= 0.3 is 0 Å². The molecule has 1 N–H and O–H groups in total. The molecular formula is C16H34O2Si. The van der Waals surface area contributed by atoms with Gasteiger partial charge in [0.1, 0.15) is 0 Å². The highest BCUT2D eigenvalue weighted by Gasteiger charge is 2.38. The van der Waals surface area contributed by atoms with Gasteiger partial charge in [0.2, 0.25) is 0 Å². The Kier molecular flexibility index (Phi) is 7.55. The summed E-state index contributed by atoms with van der Waals surface area (Å²) in [5.74, 6) is 0.525. The van der Waals surface area contributed by atoms with Crippen LogP contribution in [-0.2, 0) is 4.43 Å². The van der Waals surface area contributed by atoms with Crippen molar-refractivity contribution < 1.29 is 9.53 Å². The first kappa shape index (κ1) is 18.9. The van der Waals surface area contributed by atoms with Crippen LogP contribution in [0.5, 0.6) is 0 Å². The van der Waals surface area contributed by atoms with Crippen molar-refractivity contribution in [2.24, 2.45) is 5.92 Å². The van der Waals surface area contributed by atoms with Gasteiger partial charge in [0.05, 0.1) is 6.10 Å². The lowest BCUT2D eigenvalue weighted by molar-refractivity contribution is 0.240. The van der Waals surface area contributed by atoms with Gasteiger partial charge in [0, 0.05) is 6.61 Å². The molecule has 0 rings (SSSR count). The summed E-state index contributed by atoms with van der Waals surface area (Å²) in [5, 5.41) is 9.22. The van der Waals surface area contributed by atoms with E-state index in [-0.39, 0.29) is 17.7 Å². The van der Waals surface area contributed by atoms with Gasteiger partial charge in [-0.15, -0.1) is 0 Å². The Labute approximate surface area is 121 Å². The molecule has 0 fully saturated rings. The third kappa shape index (κ3) is 6.73. The fourth-order valence-electron chi connectivity index (χ4n) is 1.82. The van der Waals surface area contributed by atoms with Gasteiger partial charge < -0.3 is 9.53 Å². The van der Waals surface area contributed by atoms with Crippen LogP contribution in [0.2, 0.25) is 18.1 Å². The van der Waals surface area contributed by atoms with Crippen molar-refractivity contribution in [2.45, 2.75) is 78.6 Å². The van der Waals surface area contributed by atoms with E-state index in [0.717, 1.165) is 12.8 Å². The SMILES string of the molecule is CC(/C=C(\CCCO)C(C)C)O[Si](C)(C)C(C)(C)C. The molecule has 1 atom stereocenters. The zero-order valence-electron chi connectivity index (χ0n) is 14.2. The van der Waals surface area contributed by atoms with Crippen LogP contribution < -0.4 is 0 Å². The van der Waals surface area contributed by atoms with Crippen molar-refractivity contribution in [3.63, 3.8) is 0 Å². The van der Waals surface area contributed by atoms with Crippen LogP contribution >= 0.6 is 0 Å². The molecule has 0 heterocycles. The zero-order valence-corrected chi connectivity index (χ0v) is 15.2. The van der Waals surface area contributed by atoms with Gasteiger partial charge in [-0.1, -0.05) is 46.3 Å². The molecule has 0 radical (unpaired) electrons. The van der Waals surface area contributed by atoms with Gasteiger partial charge in [-0.3, -0.25) is 0 Å². The third-order valence-corrected chi connectivity index (χ3v) is 8.67. The van der Waals surface area contributed by atoms with Crippen LogP contribution in [0.1, 0.15) is 54.4 Å². The summed E-state index contributed by atoms with van der Waals surface area (Å²) in [6.07, 6.45) is 4.24. The summed E-state index contributed by atoms with van der Waals surface area (Å²) in [6.45, 7) is 18.2. The van der Waals surface area contributed by atoms with Crippen molar-refractivity contribution >= 4 is 8.32 Å². The van der Waals surface area contributed by atoms with Gasteiger partial charge in [-0.2, -0.15) is 0 Å². The first-order valence-corrected chi connectivity index (χ1v) is 10.4. The van der Waals surface area contributed by atoms with Gasteiger partial charge in [-0.05, 0) is 43.8 Å². The highest BCUT2D eigenvalue weighted by Crippen LogP contribution is 2.37. The maximum absolute atomic E-state index is 8.97. The van der Waals surface area contributed by atoms with E-state index in [9.17, 15) is 0 Å². The van der Waals surface area contributed by atoms with Gasteiger partial charge in [0.25, 0.3) is 0 Å². The Morgan fingerprint density at radius 2 is 1.74 bits per heavy atom. The summed E-state index contributed by atoms with van der Waals surface area (Å²) in [6, 6.07) is 0. The second kappa shape index (κ2) is 7.60. The number of aliphatic hydroxyl groups excluding tert-OH is 1. The predicted molar refractivity (Wildman–Crippen MR) is 87.0 cm³/mol. The van der Waals surface area contributed by atoms with Crippen LogP contribution in [0.25, 0.3) is 0 Å². The maximum atomic E-state index is 8.97. The molecule has 0 amide bonds. The van der Waals surface area contributed by atoms with E-state index in [1.165, 1.54) is 5.57 Å². The van der Waals surface area contributed by atoms with E-state index in [1.807, 2.05) is 0 Å². The quantitative estimate of drug-likeness (QED) is 0.540. The largest absolute Gasteiger partial charge is 0.411 e. The molecule has 0 aliphatic rings. The Hall–Kier alpha value is -0.123. The van der Waals surface area contributed by atoms with E-state index >= 15 is 0 Å². The summed E-state index contributed by atoms with van der Waals surface area (Å²) < 4.78 is 6.36. The van der Waals surface area contributed by atoms with Crippen LogP contribution in [0.4, 0.5) is 0 Å². The molecule has 114 valence electrons. The van der Waals surface area contributed by atoms with Crippen LogP contribution in [-0.4, -0.2) is 26.1 Å². The fourth-order valence-corrected chi connectivity index (χ4v) is 3.18. The first-order valence-electron chi connectivity index (χ1n) is 7.50. The van der Waals surface area contributed by atoms with Gasteiger partial charge in [-0.25, -0.2) is 0 Å². The summed E-state index contributed by atoms with van der Waals surface area (Å²) in [4.78, 5) is 0. The number of rotatable bonds is 7. The molecule has 0 saturated carbocycles. The monoisotopic (exact) mass is 286 g/mol. The molecular weight excluding hydrogens is 252 g/mol. The highest BCUT2D eigenvalue weighted by molar-refractivity contribution is 6.74. The predicted octanol–water partition coefficient (Wildman–Crippen LogP) is 4.75. The zero-order chi connectivity index (χ0) is 15.3. The Bertz CT molecular complexity index is 288. The minimum absolute atomic E-state index is 0.164. The smallest absolute Gasteiger partial charge is 0.192 e. The molecule has 0 bridgehead atoms. The van der Waals surface area contributed by atoms with E-state index < -0.39 is 8.32 Å². The standard InChI is InChI=1S/C16H34O2Si/c1-13(2)15(10-9-11-17)12-14(3)18-19(7,8)16(4,5)6/h12-14,17H,9-11H2,1-8H3/b15-12+. The lowest BCUT2D eigenvalue weighted by Gasteiger charge is -2.38. The molecule has 2 nitrogen and oxygen atoms in total. The molecule has 0 aliphatic carbocycles. The van der Waals surface area contributed by atoms with E-state index in [0.29, 0.717) is 5.92 Å². The normalized spacial score (nSPS) is 16.0. The Balaban J connectivity index is 4.76. The average molecular weight is 287 g/mol. The number of hydrogen-bond donors (Lipinski definition) is 1. The van der Waals surface area contributed by atoms with Crippen molar-refractivity contribution in [3.8, 4) is 0 Å². The van der Waals surface area contributed by atoms with Crippen molar-refractivity contribution in [3.05, 3.63) is 11.6 Å². The van der Waals surface area contributed by atoms with Crippen LogP contribution in [0, 0.1) is 5.92 Å². The van der Waals surface area contributed by atoms with Crippen molar-refractivity contribution in [1.29, 1.82) is 0 Å². The van der Waals surface area contributed by atoms with E-state index in [1.54, 1.807) is 0 Å². The molecule has 0 saturated heterocycles. The lowest BCUT2D eigenvalue weighted by atomic mass is 9.97. The summed E-state index contributed by atoms with van der Waals surface area (Å²) >= 11 is 0. The molecule has 0 aromatic heterocycles. The van der Waals surface area contributed by atoms with Crippen molar-refractivity contribution in [1.82, 2.24) is 0 Å². The van der Waals surface area contributed by atoms with Crippen LogP contribution in [0.3, 0.4) is 0 Å². The van der Waals surface area contributed by atoms with E-state index in [4.69, 9.17) is 9.53 Å². The minimum Gasteiger partial charge on any atom is -0.411 e. The van der Waals surface area contributed by atoms with Crippen LogP contribution in [0.15, 0.2) is 11.6 Å². The molecule has 0 aliphatic heterocycles. The number of aliphatic hydroxyl groups is 1. The highest BCUT2D eigenvalue weighted by atomic mass is 28.4. The lowest BCUT2D eigenvalue weighted by Crippen LogP contribution is -2.43. The van der Waals surface area contributed by atoms with E-state index in [2.05, 4.69) is 60.7 Å². The van der Waals surface area contributed by atoms with Gasteiger partial charge in [0.15, 0.2) is 8.32 Å². The molecule has 3 heteroatoms. The Morgan fingerprint density at radius 3 is 2.11 bits per heavy atom. The molecule has 19 heavy (non-hydrogen) atoms. The minimum atomic E-state index is -1.69. The molecule has 0 aromatic rings. The van der Waals surface area contributed by atoms with Crippen molar-refractivity contribution in [2.75, 3.05) is 6.61 Å². The second-order valence-electron chi connectivity index (χ2n) is 7.31. The summed E-state index contributed by atoms with van der Waals surface area (Å²) in [7, 11) is -1.69. The number of hydrogen-bond acceptors (Lipinski definition) is 2. The third-order valence-electron chi connectivity index (χ3n) is 4.10. The average Bonchev–Trinajstić information content (AvgIpc) is 2.21. The molecule has 1 unspecified atom stereocenters. The molecule has 0 spiro atoms.